The number of para-hydroxylation sites is 1. The summed E-state index contributed by atoms with van der Waals surface area (Å²) in [6.45, 7) is 16.6. The Kier molecular flexibility index (Phi) is 12.3. The van der Waals surface area contributed by atoms with E-state index < -0.39 is 17.1 Å². The number of nitrogens with zero attached hydrogens (tertiary/aromatic N) is 1. The zero-order valence-electron chi connectivity index (χ0n) is 22.5. The summed E-state index contributed by atoms with van der Waals surface area (Å²) in [7, 11) is 0.0282. The summed E-state index contributed by atoms with van der Waals surface area (Å²) in [5.41, 5.74) is 2.20. The summed E-state index contributed by atoms with van der Waals surface area (Å²) < 4.78 is 23.2. The molecule has 8 heteroatoms. The van der Waals surface area contributed by atoms with E-state index in [1.54, 1.807) is 21.3 Å². The van der Waals surface area contributed by atoms with Crippen LogP contribution in [0.1, 0.15) is 54.9 Å². The van der Waals surface area contributed by atoms with Crippen molar-refractivity contribution in [3.8, 4) is 0 Å². The first kappa shape index (κ1) is 29.8. The third-order valence-electron chi connectivity index (χ3n) is 6.85. The predicted molar refractivity (Wildman–Crippen MR) is 141 cm³/mol. The van der Waals surface area contributed by atoms with Crippen molar-refractivity contribution in [1.82, 2.24) is 0 Å². The van der Waals surface area contributed by atoms with Crippen molar-refractivity contribution in [2.24, 2.45) is 5.92 Å². The number of benzene rings is 1. The second-order valence-electron chi connectivity index (χ2n) is 9.82. The highest BCUT2D eigenvalue weighted by atomic mass is 28.4. The Bertz CT molecular complexity index is 665. The molecule has 0 radical (unpaired) electrons. The Labute approximate surface area is 204 Å². The molecule has 1 rings (SSSR count). The van der Waals surface area contributed by atoms with Crippen LogP contribution >= 0.6 is 0 Å². The molecule has 0 aliphatic heterocycles. The van der Waals surface area contributed by atoms with Gasteiger partial charge in [-0.15, -0.1) is 0 Å². The zero-order chi connectivity index (χ0) is 25.2. The Morgan fingerprint density at radius 1 is 0.848 bits per heavy atom. The van der Waals surface area contributed by atoms with Gasteiger partial charge in [0, 0.05) is 46.2 Å². The van der Waals surface area contributed by atoms with E-state index in [0.29, 0.717) is 29.2 Å². The van der Waals surface area contributed by atoms with Crippen LogP contribution in [0.25, 0.3) is 0 Å². The second-order valence-corrected chi connectivity index (χ2v) is 18.3. The molecule has 0 aromatic heterocycles. The Morgan fingerprint density at radius 2 is 1.33 bits per heavy atom. The van der Waals surface area contributed by atoms with Crippen molar-refractivity contribution < 1.29 is 22.5 Å². The van der Waals surface area contributed by atoms with Crippen LogP contribution in [-0.4, -0.2) is 57.5 Å². The molecule has 0 saturated carbocycles. The van der Waals surface area contributed by atoms with E-state index in [-0.39, 0.29) is 11.9 Å². The maximum Gasteiger partial charge on any atom is 0.500 e. The standard InChI is InChI=1S/C25H47NO5Si2/c1-20(2)33(21(3)4,22(5)6)31-25(27)23(7)19-26(24-15-12-11-13-16-24)17-14-18-32(28-8,29-9)30-10/h11-13,15-16,20-23H,14,17-19H2,1-10H3. The summed E-state index contributed by atoms with van der Waals surface area (Å²) in [5, 5.41) is 0. The van der Waals surface area contributed by atoms with Gasteiger partial charge in [-0.1, -0.05) is 66.7 Å². The largest absolute Gasteiger partial charge is 0.518 e. The van der Waals surface area contributed by atoms with Gasteiger partial charge < -0.3 is 22.6 Å². The van der Waals surface area contributed by atoms with E-state index in [2.05, 4.69) is 58.6 Å². The predicted octanol–water partition coefficient (Wildman–Crippen LogP) is 6.12. The van der Waals surface area contributed by atoms with Gasteiger partial charge in [0.05, 0.1) is 5.92 Å². The lowest BCUT2D eigenvalue weighted by Crippen LogP contribution is -2.50. The maximum absolute atomic E-state index is 13.3. The molecule has 0 heterocycles. The smallest absolute Gasteiger partial charge is 0.500 e. The van der Waals surface area contributed by atoms with E-state index in [1.165, 1.54) is 0 Å². The quantitative estimate of drug-likeness (QED) is 0.272. The highest BCUT2D eigenvalue weighted by molar-refractivity contribution is 6.78. The summed E-state index contributed by atoms with van der Waals surface area (Å²) in [6, 6.07) is 10.9. The lowest BCUT2D eigenvalue weighted by molar-refractivity contribution is -0.139. The topological polar surface area (TPSA) is 57.2 Å². The van der Waals surface area contributed by atoms with E-state index in [1.807, 2.05) is 25.1 Å². The van der Waals surface area contributed by atoms with Crippen LogP contribution in [-0.2, 0) is 22.5 Å². The van der Waals surface area contributed by atoms with Gasteiger partial charge in [0.1, 0.15) is 0 Å². The van der Waals surface area contributed by atoms with Crippen molar-refractivity contribution in [2.75, 3.05) is 39.3 Å². The van der Waals surface area contributed by atoms with Gasteiger partial charge in [-0.25, -0.2) is 0 Å². The van der Waals surface area contributed by atoms with Gasteiger partial charge in [-0.3, -0.25) is 4.79 Å². The number of rotatable bonds is 15. The average Bonchev–Trinajstić information content (AvgIpc) is 2.79. The van der Waals surface area contributed by atoms with Gasteiger partial charge in [0.25, 0.3) is 14.3 Å². The number of hydrogen-bond acceptors (Lipinski definition) is 6. The molecule has 0 spiro atoms. The van der Waals surface area contributed by atoms with Gasteiger partial charge >= 0.3 is 8.80 Å². The number of anilines is 1. The summed E-state index contributed by atoms with van der Waals surface area (Å²) >= 11 is 0. The van der Waals surface area contributed by atoms with E-state index in [4.69, 9.17) is 17.7 Å². The molecule has 1 atom stereocenters. The van der Waals surface area contributed by atoms with Gasteiger partial charge in [0.2, 0.25) is 0 Å². The van der Waals surface area contributed by atoms with E-state index in [9.17, 15) is 4.79 Å². The third kappa shape index (κ3) is 7.65. The van der Waals surface area contributed by atoms with Crippen LogP contribution < -0.4 is 4.90 Å². The molecule has 190 valence electrons. The van der Waals surface area contributed by atoms with Crippen LogP contribution in [0.2, 0.25) is 22.7 Å². The molecule has 0 bridgehead atoms. The lowest BCUT2D eigenvalue weighted by Gasteiger charge is -2.42. The van der Waals surface area contributed by atoms with Crippen LogP contribution in [0.15, 0.2) is 30.3 Å². The molecule has 0 aliphatic carbocycles. The van der Waals surface area contributed by atoms with Crippen molar-refractivity contribution in [3.63, 3.8) is 0 Å². The zero-order valence-corrected chi connectivity index (χ0v) is 24.5. The molecule has 6 nitrogen and oxygen atoms in total. The van der Waals surface area contributed by atoms with Crippen molar-refractivity contribution >= 4 is 28.8 Å². The fraction of sp³-hybridized carbons (Fsp3) is 0.720. The van der Waals surface area contributed by atoms with Crippen LogP contribution in [0.5, 0.6) is 0 Å². The molecule has 33 heavy (non-hydrogen) atoms. The van der Waals surface area contributed by atoms with E-state index >= 15 is 0 Å². The molecular weight excluding hydrogens is 450 g/mol. The minimum atomic E-state index is -2.63. The highest BCUT2D eigenvalue weighted by Gasteiger charge is 2.48. The fourth-order valence-corrected chi connectivity index (χ4v) is 12.0. The molecule has 0 saturated heterocycles. The van der Waals surface area contributed by atoms with Gasteiger partial charge in [0.15, 0.2) is 0 Å². The van der Waals surface area contributed by atoms with Crippen molar-refractivity contribution in [2.45, 2.75) is 77.6 Å². The second kappa shape index (κ2) is 13.6. The first-order chi connectivity index (χ1) is 15.5. The molecule has 0 amide bonds. The fourth-order valence-electron chi connectivity index (χ4n) is 5.04. The van der Waals surface area contributed by atoms with Crippen LogP contribution in [0.4, 0.5) is 5.69 Å². The van der Waals surface area contributed by atoms with Gasteiger partial charge in [-0.05, 0) is 35.2 Å². The summed E-state index contributed by atoms with van der Waals surface area (Å²) in [6.07, 6.45) is 0.834. The first-order valence-electron chi connectivity index (χ1n) is 12.2. The van der Waals surface area contributed by atoms with Crippen molar-refractivity contribution in [1.29, 1.82) is 0 Å². The van der Waals surface area contributed by atoms with Gasteiger partial charge in [-0.2, -0.15) is 0 Å². The molecule has 0 aliphatic rings. The number of hydrogen-bond donors (Lipinski definition) is 0. The highest BCUT2D eigenvalue weighted by Crippen LogP contribution is 2.42. The monoisotopic (exact) mass is 497 g/mol. The lowest BCUT2D eigenvalue weighted by atomic mass is 10.1. The normalized spacial score (nSPS) is 13.6. The van der Waals surface area contributed by atoms with E-state index in [0.717, 1.165) is 18.7 Å². The number of carbonyl (C=O) groups excluding carboxylic acids is 1. The summed E-state index contributed by atoms with van der Waals surface area (Å²) in [5.74, 6) is -0.310. The summed E-state index contributed by atoms with van der Waals surface area (Å²) in [4.78, 5) is 15.6. The SMILES string of the molecule is CO[Si](CCCN(CC(C)C(=O)O[Si](C(C)C)(C(C)C)C(C)C)c1ccccc1)(OC)OC. The average molecular weight is 498 g/mol. The van der Waals surface area contributed by atoms with Crippen molar-refractivity contribution in [3.05, 3.63) is 30.3 Å². The van der Waals surface area contributed by atoms with Crippen LogP contribution in [0.3, 0.4) is 0 Å². The molecule has 0 N–H and O–H groups in total. The Balaban J connectivity index is 3.00. The molecule has 1 aromatic carbocycles. The molecule has 1 unspecified atom stereocenters. The molecule has 1 aromatic rings. The minimum absolute atomic E-state index is 0.0758. The number of carbonyl (C=O) groups is 1. The maximum atomic E-state index is 13.3. The first-order valence-corrected chi connectivity index (χ1v) is 16.2. The van der Waals surface area contributed by atoms with Crippen LogP contribution in [0, 0.1) is 5.92 Å². The Hall–Kier alpha value is -1.20. The Morgan fingerprint density at radius 3 is 1.76 bits per heavy atom. The molecule has 0 fully saturated rings. The third-order valence-corrected chi connectivity index (χ3v) is 15.6. The minimum Gasteiger partial charge on any atom is -0.518 e. The molecular formula is C25H47NO5Si2.